The van der Waals surface area contributed by atoms with Gasteiger partial charge in [-0.25, -0.2) is 4.79 Å². The number of hydrogen-bond acceptors (Lipinski definition) is 3. The Hall–Kier alpha value is -2.56. The van der Waals surface area contributed by atoms with Crippen molar-refractivity contribution in [2.45, 2.75) is 26.3 Å². The summed E-state index contributed by atoms with van der Waals surface area (Å²) in [5, 5.41) is 3.06. The van der Waals surface area contributed by atoms with Crippen LogP contribution in [0.15, 0.2) is 48.8 Å². The van der Waals surface area contributed by atoms with Crippen LogP contribution in [-0.4, -0.2) is 36.6 Å². The minimum atomic E-state index is -0.0875. The molecule has 5 heteroatoms. The van der Waals surface area contributed by atoms with Gasteiger partial charge >= 0.3 is 6.03 Å². The van der Waals surface area contributed by atoms with E-state index in [9.17, 15) is 4.79 Å². The van der Waals surface area contributed by atoms with Gasteiger partial charge in [0.1, 0.15) is 0 Å². The second-order valence-corrected chi connectivity index (χ2v) is 5.83. The van der Waals surface area contributed by atoms with Crippen molar-refractivity contribution in [1.82, 2.24) is 9.88 Å². The number of anilines is 2. The lowest BCUT2D eigenvalue weighted by Crippen LogP contribution is -2.38. The molecule has 1 N–H and O–H groups in total. The summed E-state index contributed by atoms with van der Waals surface area (Å²) >= 11 is 0. The monoisotopic (exact) mass is 326 g/mol. The summed E-state index contributed by atoms with van der Waals surface area (Å²) < 4.78 is 0. The Morgan fingerprint density at radius 2 is 1.79 bits per heavy atom. The molecule has 1 aromatic carbocycles. The van der Waals surface area contributed by atoms with Gasteiger partial charge in [-0.2, -0.15) is 0 Å². The molecule has 2 amide bonds. The number of urea groups is 1. The average Bonchev–Trinajstić information content (AvgIpc) is 2.60. The number of carbonyl (C=O) groups excluding carboxylic acids is 1. The maximum Gasteiger partial charge on any atom is 0.322 e. The molecule has 0 spiro atoms. The number of para-hydroxylation sites is 2. The molecular weight excluding hydrogens is 300 g/mol. The predicted molar refractivity (Wildman–Crippen MR) is 99.4 cm³/mol. The molecule has 1 aromatic heterocycles. The topological polar surface area (TPSA) is 48.5 Å². The fourth-order valence-corrected chi connectivity index (χ4v) is 2.88. The van der Waals surface area contributed by atoms with E-state index in [2.05, 4.69) is 17.2 Å². The Balaban J connectivity index is 2.23. The van der Waals surface area contributed by atoms with E-state index in [4.69, 9.17) is 0 Å². The van der Waals surface area contributed by atoms with E-state index < -0.39 is 0 Å². The zero-order chi connectivity index (χ0) is 17.5. The number of carbonyl (C=O) groups is 1. The van der Waals surface area contributed by atoms with Crippen molar-refractivity contribution in [2.75, 3.05) is 30.9 Å². The van der Waals surface area contributed by atoms with E-state index >= 15 is 0 Å². The molecule has 128 valence electrons. The van der Waals surface area contributed by atoms with Gasteiger partial charge in [-0.05, 0) is 43.2 Å². The van der Waals surface area contributed by atoms with E-state index in [-0.39, 0.29) is 12.1 Å². The zero-order valence-electron chi connectivity index (χ0n) is 14.9. The van der Waals surface area contributed by atoms with E-state index in [0.29, 0.717) is 6.54 Å². The normalized spacial score (nSPS) is 11.7. The zero-order valence-corrected chi connectivity index (χ0v) is 14.9. The van der Waals surface area contributed by atoms with Crippen molar-refractivity contribution in [2.24, 2.45) is 0 Å². The van der Waals surface area contributed by atoms with Crippen LogP contribution in [0.25, 0.3) is 0 Å². The van der Waals surface area contributed by atoms with Crippen molar-refractivity contribution in [1.29, 1.82) is 0 Å². The van der Waals surface area contributed by atoms with Crippen LogP contribution in [0.5, 0.6) is 0 Å². The highest BCUT2D eigenvalue weighted by Crippen LogP contribution is 2.27. The highest BCUT2D eigenvalue weighted by Gasteiger charge is 2.23. The molecule has 0 fully saturated rings. The third-order valence-electron chi connectivity index (χ3n) is 4.08. The van der Waals surface area contributed by atoms with Crippen LogP contribution in [0, 0.1) is 0 Å². The number of amides is 2. The van der Waals surface area contributed by atoms with Crippen LogP contribution < -0.4 is 10.2 Å². The highest BCUT2D eigenvalue weighted by atomic mass is 16.2. The summed E-state index contributed by atoms with van der Waals surface area (Å²) in [6.45, 7) is 4.73. The SMILES string of the molecule is CCC(c1ccncc1)N(CC)C(=O)Nc1ccccc1N(C)C. The number of nitrogens with one attached hydrogen (secondary N) is 1. The minimum Gasteiger partial charge on any atom is -0.376 e. The summed E-state index contributed by atoms with van der Waals surface area (Å²) in [7, 11) is 3.93. The lowest BCUT2D eigenvalue weighted by Gasteiger charge is -2.31. The average molecular weight is 326 g/mol. The van der Waals surface area contributed by atoms with Crippen molar-refractivity contribution >= 4 is 17.4 Å². The van der Waals surface area contributed by atoms with Gasteiger partial charge in [0, 0.05) is 33.0 Å². The molecule has 0 aliphatic rings. The van der Waals surface area contributed by atoms with E-state index in [1.54, 1.807) is 12.4 Å². The van der Waals surface area contributed by atoms with Crippen molar-refractivity contribution < 1.29 is 4.79 Å². The van der Waals surface area contributed by atoms with Crippen LogP contribution in [0.3, 0.4) is 0 Å². The number of aromatic nitrogens is 1. The van der Waals surface area contributed by atoms with Crippen molar-refractivity contribution in [3.63, 3.8) is 0 Å². The fraction of sp³-hybridized carbons (Fsp3) is 0.368. The molecule has 2 rings (SSSR count). The summed E-state index contributed by atoms with van der Waals surface area (Å²) in [4.78, 5) is 20.8. The van der Waals surface area contributed by atoms with Gasteiger partial charge in [0.2, 0.25) is 0 Å². The van der Waals surface area contributed by atoms with Gasteiger partial charge in [-0.3, -0.25) is 4.98 Å². The van der Waals surface area contributed by atoms with Crippen LogP contribution >= 0.6 is 0 Å². The van der Waals surface area contributed by atoms with Gasteiger partial charge in [-0.1, -0.05) is 19.1 Å². The molecule has 0 saturated heterocycles. The highest BCUT2D eigenvalue weighted by molar-refractivity contribution is 5.93. The maximum absolute atomic E-state index is 12.9. The second-order valence-electron chi connectivity index (χ2n) is 5.83. The Morgan fingerprint density at radius 3 is 2.38 bits per heavy atom. The van der Waals surface area contributed by atoms with E-state index in [1.807, 2.05) is 67.2 Å². The minimum absolute atomic E-state index is 0.0320. The molecule has 5 nitrogen and oxygen atoms in total. The van der Waals surface area contributed by atoms with Gasteiger partial charge in [0.05, 0.1) is 17.4 Å². The largest absolute Gasteiger partial charge is 0.376 e. The Labute approximate surface area is 144 Å². The van der Waals surface area contributed by atoms with Crippen molar-refractivity contribution in [3.8, 4) is 0 Å². The summed E-state index contributed by atoms with van der Waals surface area (Å²) in [6.07, 6.45) is 4.39. The number of rotatable bonds is 6. The van der Waals surface area contributed by atoms with Gasteiger partial charge in [0.15, 0.2) is 0 Å². The molecule has 24 heavy (non-hydrogen) atoms. The lowest BCUT2D eigenvalue weighted by atomic mass is 10.0. The first-order valence-corrected chi connectivity index (χ1v) is 8.32. The molecule has 1 unspecified atom stereocenters. The molecule has 0 aliphatic heterocycles. The molecule has 1 heterocycles. The van der Waals surface area contributed by atoms with Crippen LogP contribution in [0.4, 0.5) is 16.2 Å². The number of benzene rings is 1. The third-order valence-corrected chi connectivity index (χ3v) is 4.08. The summed E-state index contributed by atoms with van der Waals surface area (Å²) in [6, 6.07) is 11.7. The third kappa shape index (κ3) is 4.04. The first-order valence-electron chi connectivity index (χ1n) is 8.32. The number of nitrogens with zero attached hydrogens (tertiary/aromatic N) is 3. The molecule has 0 radical (unpaired) electrons. The molecule has 0 bridgehead atoms. The fourth-order valence-electron chi connectivity index (χ4n) is 2.88. The summed E-state index contributed by atoms with van der Waals surface area (Å²) in [5.74, 6) is 0. The summed E-state index contributed by atoms with van der Waals surface area (Å²) in [5.41, 5.74) is 2.90. The standard InChI is InChI=1S/C19H26N4O/c1-5-17(15-11-13-20-14-12-15)23(6-2)19(24)21-16-9-7-8-10-18(16)22(3)4/h7-14,17H,5-6H2,1-4H3,(H,21,24). The Morgan fingerprint density at radius 1 is 1.12 bits per heavy atom. The van der Waals surface area contributed by atoms with E-state index in [0.717, 1.165) is 23.4 Å². The molecule has 1 atom stereocenters. The van der Waals surface area contributed by atoms with Gasteiger partial charge in [0.25, 0.3) is 0 Å². The molecule has 2 aromatic rings. The quantitative estimate of drug-likeness (QED) is 0.867. The first kappa shape index (κ1) is 17.8. The van der Waals surface area contributed by atoms with Gasteiger partial charge < -0.3 is 15.1 Å². The van der Waals surface area contributed by atoms with Gasteiger partial charge in [-0.15, -0.1) is 0 Å². The molecule has 0 saturated carbocycles. The Kier molecular flexibility index (Phi) is 6.18. The number of hydrogen-bond donors (Lipinski definition) is 1. The Bertz CT molecular complexity index is 657. The predicted octanol–water partition coefficient (Wildman–Crippen LogP) is 4.15. The first-order chi connectivity index (χ1) is 11.6. The lowest BCUT2D eigenvalue weighted by molar-refractivity contribution is 0.190. The second kappa shape index (κ2) is 8.34. The van der Waals surface area contributed by atoms with Crippen LogP contribution in [0.1, 0.15) is 31.9 Å². The van der Waals surface area contributed by atoms with Crippen LogP contribution in [-0.2, 0) is 0 Å². The molecule has 0 aliphatic carbocycles. The smallest absolute Gasteiger partial charge is 0.322 e. The molecular formula is C19H26N4O. The van der Waals surface area contributed by atoms with E-state index in [1.165, 1.54) is 0 Å². The van der Waals surface area contributed by atoms with Crippen molar-refractivity contribution in [3.05, 3.63) is 54.4 Å². The maximum atomic E-state index is 12.9. The number of pyridine rings is 1. The van der Waals surface area contributed by atoms with Crippen LogP contribution in [0.2, 0.25) is 0 Å².